The van der Waals surface area contributed by atoms with Gasteiger partial charge in [0.05, 0.1) is 24.1 Å². The normalized spacial score (nSPS) is 39.4. The number of benzene rings is 1. The number of hydrogen-bond acceptors (Lipinski definition) is 8. The Balaban J connectivity index is 1.08. The van der Waals surface area contributed by atoms with Crippen molar-refractivity contribution in [3.63, 3.8) is 0 Å². The van der Waals surface area contributed by atoms with Gasteiger partial charge in [-0.3, -0.25) is 9.59 Å². The lowest BCUT2D eigenvalue weighted by Gasteiger charge is -2.59. The lowest BCUT2D eigenvalue weighted by molar-refractivity contribution is -0.209. The number of Topliss-reactive ketones (excluding diaryl/α,β-unsaturated/α-hetero) is 1. The Kier molecular flexibility index (Phi) is 7.46. The molecular formula is C38H44N2O7. The molecule has 4 saturated carbocycles. The molecule has 2 heterocycles. The number of fused-ring (bicyclic) bond motifs is 7. The summed E-state index contributed by atoms with van der Waals surface area (Å²) in [5.74, 6) is -0.536. The summed E-state index contributed by atoms with van der Waals surface area (Å²) in [6.07, 6.45) is 17.0. The standard InChI is InChI=1S/C38H44N2O7/c1-36-15-14-27(41)18-25(36)10-13-28-29-19-32-38(37(29,2)20-30(42)33(28)36,47-35(46-32)24-6-4-3-5-7-24)31(43)21-45-34(44)23-8-11-26(12-9-23)40-17-16-39-22-40/h8-9,11-12,14-18,22,24,28-30,32-33,35,42H,3-7,10,13,19-21H2,1-2H3/t28-,29-,30-,32+,33+,35+,36-,37-,38+/m0/s1. The van der Waals surface area contributed by atoms with Gasteiger partial charge in [-0.1, -0.05) is 44.8 Å². The molecule has 9 atom stereocenters. The van der Waals surface area contributed by atoms with E-state index in [4.69, 9.17) is 14.2 Å². The van der Waals surface area contributed by atoms with Gasteiger partial charge in [0.1, 0.15) is 0 Å². The molecule has 0 bridgehead atoms. The van der Waals surface area contributed by atoms with Gasteiger partial charge in [0.2, 0.25) is 5.78 Å². The maximum Gasteiger partial charge on any atom is 0.338 e. The average molecular weight is 641 g/mol. The van der Waals surface area contributed by atoms with Gasteiger partial charge in [0.25, 0.3) is 0 Å². The molecule has 9 nitrogen and oxygen atoms in total. The van der Waals surface area contributed by atoms with Crippen LogP contribution in [0.4, 0.5) is 0 Å². The Bertz CT molecular complexity index is 1630. The minimum Gasteiger partial charge on any atom is -0.454 e. The van der Waals surface area contributed by atoms with Crippen molar-refractivity contribution in [1.82, 2.24) is 9.55 Å². The van der Waals surface area contributed by atoms with Crippen molar-refractivity contribution in [2.45, 2.75) is 95.7 Å². The highest BCUT2D eigenvalue weighted by molar-refractivity contribution is 6.01. The number of aliphatic hydroxyl groups excluding tert-OH is 1. The Morgan fingerprint density at radius 2 is 1.89 bits per heavy atom. The van der Waals surface area contributed by atoms with Crippen LogP contribution in [-0.2, 0) is 23.8 Å². The molecule has 0 unspecified atom stereocenters. The van der Waals surface area contributed by atoms with Crippen LogP contribution in [0.25, 0.3) is 5.69 Å². The van der Waals surface area contributed by atoms with Crippen LogP contribution in [0.5, 0.6) is 0 Å². The number of carbonyl (C=O) groups excluding carboxylic acids is 3. The second kappa shape index (κ2) is 11.3. The molecule has 0 spiro atoms. The maximum absolute atomic E-state index is 14.6. The van der Waals surface area contributed by atoms with Crippen LogP contribution in [-0.4, -0.2) is 62.9 Å². The second-order valence-corrected chi connectivity index (χ2v) is 15.2. The molecule has 1 aromatic carbocycles. The SMILES string of the molecule is C[C@]12C=CC(=O)C=C1CC[C@@H]1[C@@H]2[C@@H](O)C[C@@]2(C)[C@H]1C[C@H]1O[C@@H](C3CCCCC3)O[C@]12C(=O)COC(=O)c1ccc(-n2ccnc2)cc1. The van der Waals surface area contributed by atoms with Crippen molar-refractivity contribution in [3.8, 4) is 5.69 Å². The van der Waals surface area contributed by atoms with Crippen molar-refractivity contribution in [2.24, 2.45) is 34.5 Å². The number of hydrogen-bond donors (Lipinski definition) is 1. The summed E-state index contributed by atoms with van der Waals surface area (Å²) in [5, 5.41) is 12.0. The first kappa shape index (κ1) is 30.9. The minimum atomic E-state index is -1.33. The fraction of sp³-hybridized carbons (Fsp3) is 0.579. The highest BCUT2D eigenvalue weighted by Crippen LogP contribution is 2.70. The van der Waals surface area contributed by atoms with Crippen LogP contribution in [0.15, 0.2) is 66.8 Å². The van der Waals surface area contributed by atoms with Gasteiger partial charge in [0, 0.05) is 40.7 Å². The van der Waals surface area contributed by atoms with E-state index in [1.807, 2.05) is 29.0 Å². The number of esters is 1. The molecule has 8 rings (SSSR count). The first-order valence-electron chi connectivity index (χ1n) is 17.4. The first-order chi connectivity index (χ1) is 22.6. The lowest BCUT2D eigenvalue weighted by atomic mass is 9.46. The van der Waals surface area contributed by atoms with Crippen LogP contribution in [0.1, 0.15) is 82.0 Å². The van der Waals surface area contributed by atoms with Gasteiger partial charge in [0.15, 0.2) is 24.3 Å². The van der Waals surface area contributed by atoms with Gasteiger partial charge in [-0.2, -0.15) is 0 Å². The number of nitrogens with zero attached hydrogens (tertiary/aromatic N) is 2. The third kappa shape index (κ3) is 4.67. The largest absolute Gasteiger partial charge is 0.454 e. The van der Waals surface area contributed by atoms with Gasteiger partial charge < -0.3 is 23.9 Å². The summed E-state index contributed by atoms with van der Waals surface area (Å²) in [6.45, 7) is 3.82. The van der Waals surface area contributed by atoms with Gasteiger partial charge in [-0.15, -0.1) is 0 Å². The summed E-state index contributed by atoms with van der Waals surface area (Å²) >= 11 is 0. The minimum absolute atomic E-state index is 0.00487. The fourth-order valence-corrected chi connectivity index (χ4v) is 10.7. The Labute approximate surface area is 275 Å². The van der Waals surface area contributed by atoms with E-state index in [0.717, 1.165) is 49.8 Å². The molecule has 0 radical (unpaired) electrons. The molecule has 47 heavy (non-hydrogen) atoms. The van der Waals surface area contributed by atoms with Crippen molar-refractivity contribution < 1.29 is 33.7 Å². The zero-order valence-electron chi connectivity index (χ0n) is 27.2. The number of aromatic nitrogens is 2. The summed E-state index contributed by atoms with van der Waals surface area (Å²) < 4.78 is 21.3. The second-order valence-electron chi connectivity index (χ2n) is 15.2. The zero-order chi connectivity index (χ0) is 32.6. The topological polar surface area (TPSA) is 117 Å². The van der Waals surface area contributed by atoms with Crippen molar-refractivity contribution in [3.05, 3.63) is 72.4 Å². The molecule has 1 saturated heterocycles. The Hall–Kier alpha value is -3.40. The zero-order valence-corrected chi connectivity index (χ0v) is 27.2. The number of carbonyl (C=O) groups is 3. The van der Waals surface area contributed by atoms with E-state index in [1.54, 1.807) is 36.8 Å². The van der Waals surface area contributed by atoms with E-state index in [2.05, 4.69) is 18.8 Å². The molecule has 5 fully saturated rings. The number of aliphatic hydroxyl groups is 1. The van der Waals surface area contributed by atoms with Gasteiger partial charge >= 0.3 is 5.97 Å². The van der Waals surface area contributed by atoms with Crippen molar-refractivity contribution in [1.29, 1.82) is 0 Å². The summed E-state index contributed by atoms with van der Waals surface area (Å²) in [4.78, 5) is 44.2. The predicted molar refractivity (Wildman–Crippen MR) is 171 cm³/mol. The van der Waals surface area contributed by atoms with E-state index >= 15 is 0 Å². The molecule has 0 amide bonds. The van der Waals surface area contributed by atoms with Crippen molar-refractivity contribution in [2.75, 3.05) is 6.61 Å². The Morgan fingerprint density at radius 1 is 1.11 bits per heavy atom. The smallest absolute Gasteiger partial charge is 0.338 e. The molecular weight excluding hydrogens is 596 g/mol. The number of ketones is 2. The monoisotopic (exact) mass is 640 g/mol. The van der Waals surface area contributed by atoms with Crippen LogP contribution in [0.3, 0.4) is 0 Å². The number of ether oxygens (including phenoxy) is 3. The summed E-state index contributed by atoms with van der Waals surface area (Å²) in [5.41, 5.74) is -0.162. The molecule has 6 aliphatic rings. The average Bonchev–Trinajstić information content (AvgIpc) is 3.80. The molecule has 248 valence electrons. The molecule has 2 aromatic rings. The molecule has 1 aromatic heterocycles. The van der Waals surface area contributed by atoms with Gasteiger partial charge in [-0.05, 0) is 86.8 Å². The predicted octanol–water partition coefficient (Wildman–Crippen LogP) is 5.55. The van der Waals surface area contributed by atoms with Crippen LogP contribution >= 0.6 is 0 Å². The third-order valence-corrected chi connectivity index (χ3v) is 12.9. The molecule has 9 heteroatoms. The molecule has 1 N–H and O–H groups in total. The first-order valence-corrected chi connectivity index (χ1v) is 17.4. The van der Waals surface area contributed by atoms with Gasteiger partial charge in [-0.25, -0.2) is 9.78 Å². The lowest BCUT2D eigenvalue weighted by Crippen LogP contribution is -2.63. The number of allylic oxidation sites excluding steroid dienone is 4. The highest BCUT2D eigenvalue weighted by Gasteiger charge is 2.76. The fourth-order valence-electron chi connectivity index (χ4n) is 10.7. The van der Waals surface area contributed by atoms with Crippen molar-refractivity contribution >= 4 is 17.5 Å². The Morgan fingerprint density at radius 3 is 2.64 bits per heavy atom. The number of imidazole rings is 1. The molecule has 5 aliphatic carbocycles. The van der Waals surface area contributed by atoms with E-state index in [0.29, 0.717) is 18.4 Å². The van der Waals surface area contributed by atoms with E-state index in [-0.39, 0.29) is 35.2 Å². The van der Waals surface area contributed by atoms with E-state index in [1.165, 1.54) is 6.42 Å². The van der Waals surface area contributed by atoms with Crippen LogP contribution < -0.4 is 0 Å². The maximum atomic E-state index is 14.6. The third-order valence-electron chi connectivity index (χ3n) is 12.9. The van der Waals surface area contributed by atoms with Crippen LogP contribution in [0, 0.1) is 34.5 Å². The van der Waals surface area contributed by atoms with E-state index < -0.39 is 47.5 Å². The summed E-state index contributed by atoms with van der Waals surface area (Å²) in [7, 11) is 0. The van der Waals surface area contributed by atoms with E-state index in [9.17, 15) is 19.5 Å². The van der Waals surface area contributed by atoms with Crippen LogP contribution in [0.2, 0.25) is 0 Å². The summed E-state index contributed by atoms with van der Waals surface area (Å²) in [6, 6.07) is 6.98. The highest BCUT2D eigenvalue weighted by atomic mass is 16.7. The molecule has 1 aliphatic heterocycles. The quantitative estimate of drug-likeness (QED) is 0.409. The number of rotatable bonds is 6.